The van der Waals surface area contributed by atoms with Crippen LogP contribution in [0.4, 0.5) is 0 Å². The van der Waals surface area contributed by atoms with Crippen LogP contribution in [0.1, 0.15) is 50.3 Å². The van der Waals surface area contributed by atoms with E-state index in [2.05, 4.69) is 63.0 Å². The van der Waals surface area contributed by atoms with Crippen molar-refractivity contribution in [1.82, 2.24) is 10.2 Å². The van der Waals surface area contributed by atoms with Gasteiger partial charge in [0, 0.05) is 31.2 Å². The molecule has 0 aromatic heterocycles. The molecule has 1 saturated heterocycles. The molecule has 1 atom stereocenters. The molecule has 0 aliphatic carbocycles. The standard InChI is InChI=1S/C18H30N2/c1-6-7-17-12-20(18(4,5)13-19-17)11-16-10-14(2)8-9-15(16)3/h8-10,17,19H,6-7,11-13H2,1-5H3. The highest BCUT2D eigenvalue weighted by atomic mass is 15.3. The molecule has 1 N–H and O–H groups in total. The Morgan fingerprint density at radius 1 is 1.30 bits per heavy atom. The maximum atomic E-state index is 3.71. The third-order valence-electron chi connectivity index (χ3n) is 4.62. The monoisotopic (exact) mass is 274 g/mol. The molecule has 1 heterocycles. The molecule has 1 aliphatic rings. The van der Waals surface area contributed by atoms with Crippen LogP contribution in [0, 0.1) is 13.8 Å². The van der Waals surface area contributed by atoms with Gasteiger partial charge in [-0.15, -0.1) is 0 Å². The summed E-state index contributed by atoms with van der Waals surface area (Å²) < 4.78 is 0. The largest absolute Gasteiger partial charge is 0.311 e. The maximum Gasteiger partial charge on any atom is 0.0281 e. The third-order valence-corrected chi connectivity index (χ3v) is 4.62. The van der Waals surface area contributed by atoms with Gasteiger partial charge in [0.25, 0.3) is 0 Å². The van der Waals surface area contributed by atoms with Crippen molar-refractivity contribution in [2.45, 2.75) is 65.6 Å². The lowest BCUT2D eigenvalue weighted by Gasteiger charge is -2.46. The fraction of sp³-hybridized carbons (Fsp3) is 0.667. The van der Waals surface area contributed by atoms with E-state index >= 15 is 0 Å². The zero-order valence-corrected chi connectivity index (χ0v) is 13.8. The first kappa shape index (κ1) is 15.5. The van der Waals surface area contributed by atoms with Crippen molar-refractivity contribution in [1.29, 1.82) is 0 Å². The van der Waals surface area contributed by atoms with Crippen LogP contribution in [0.25, 0.3) is 0 Å². The lowest BCUT2D eigenvalue weighted by Crippen LogP contribution is -2.61. The average Bonchev–Trinajstić information content (AvgIpc) is 2.38. The molecule has 0 amide bonds. The van der Waals surface area contributed by atoms with Gasteiger partial charge < -0.3 is 5.32 Å². The number of nitrogens with one attached hydrogen (secondary N) is 1. The molecule has 1 fully saturated rings. The van der Waals surface area contributed by atoms with Crippen LogP contribution in [0.3, 0.4) is 0 Å². The fourth-order valence-corrected chi connectivity index (χ4v) is 3.08. The minimum atomic E-state index is 0.237. The van der Waals surface area contributed by atoms with E-state index in [0.29, 0.717) is 6.04 Å². The Morgan fingerprint density at radius 3 is 2.75 bits per heavy atom. The molecule has 0 bridgehead atoms. The van der Waals surface area contributed by atoms with Crippen LogP contribution in [-0.4, -0.2) is 29.6 Å². The Kier molecular flexibility index (Phi) is 4.87. The Hall–Kier alpha value is -0.860. The SMILES string of the molecule is CCCC1CN(Cc2cc(C)ccc2C)C(C)(C)CN1. The molecule has 0 spiro atoms. The van der Waals surface area contributed by atoms with Gasteiger partial charge >= 0.3 is 0 Å². The minimum absolute atomic E-state index is 0.237. The Balaban J connectivity index is 2.13. The Morgan fingerprint density at radius 2 is 2.05 bits per heavy atom. The average molecular weight is 274 g/mol. The highest BCUT2D eigenvalue weighted by Gasteiger charge is 2.33. The van der Waals surface area contributed by atoms with E-state index < -0.39 is 0 Å². The molecule has 112 valence electrons. The number of hydrogen-bond acceptors (Lipinski definition) is 2. The van der Waals surface area contributed by atoms with E-state index in [-0.39, 0.29) is 5.54 Å². The van der Waals surface area contributed by atoms with E-state index in [4.69, 9.17) is 0 Å². The first-order valence-electron chi connectivity index (χ1n) is 7.97. The third kappa shape index (κ3) is 3.62. The summed E-state index contributed by atoms with van der Waals surface area (Å²) in [5.74, 6) is 0. The lowest BCUT2D eigenvalue weighted by molar-refractivity contribution is 0.0562. The molecule has 2 rings (SSSR count). The summed E-state index contributed by atoms with van der Waals surface area (Å²) in [4.78, 5) is 2.66. The predicted octanol–water partition coefficient (Wildman–Crippen LogP) is 3.66. The number of rotatable bonds is 4. The van der Waals surface area contributed by atoms with Crippen LogP contribution in [-0.2, 0) is 6.54 Å². The summed E-state index contributed by atoms with van der Waals surface area (Å²) >= 11 is 0. The van der Waals surface area contributed by atoms with Crippen molar-refractivity contribution in [2.24, 2.45) is 0 Å². The van der Waals surface area contributed by atoms with Gasteiger partial charge in [0.1, 0.15) is 0 Å². The van der Waals surface area contributed by atoms with Crippen LogP contribution in [0.2, 0.25) is 0 Å². The Labute approximate surface area is 124 Å². The van der Waals surface area contributed by atoms with E-state index in [0.717, 1.165) is 19.6 Å². The smallest absolute Gasteiger partial charge is 0.0281 e. The van der Waals surface area contributed by atoms with Gasteiger partial charge in [-0.3, -0.25) is 4.90 Å². The van der Waals surface area contributed by atoms with Crippen molar-refractivity contribution in [3.63, 3.8) is 0 Å². The summed E-state index contributed by atoms with van der Waals surface area (Å²) in [6, 6.07) is 7.46. The zero-order chi connectivity index (χ0) is 14.8. The van der Waals surface area contributed by atoms with Gasteiger partial charge in [0.2, 0.25) is 0 Å². The van der Waals surface area contributed by atoms with Gasteiger partial charge in [-0.2, -0.15) is 0 Å². The normalized spacial score (nSPS) is 22.9. The number of nitrogens with zero attached hydrogens (tertiary/aromatic N) is 1. The highest BCUT2D eigenvalue weighted by molar-refractivity contribution is 5.30. The molecule has 2 nitrogen and oxygen atoms in total. The number of aryl methyl sites for hydroxylation is 2. The number of benzene rings is 1. The molecule has 1 aliphatic heterocycles. The van der Waals surface area contributed by atoms with E-state index in [1.54, 1.807) is 0 Å². The molecular weight excluding hydrogens is 244 g/mol. The summed E-state index contributed by atoms with van der Waals surface area (Å²) in [6.45, 7) is 14.7. The molecule has 1 aromatic carbocycles. The molecule has 20 heavy (non-hydrogen) atoms. The first-order chi connectivity index (χ1) is 9.42. The predicted molar refractivity (Wildman–Crippen MR) is 87.1 cm³/mol. The van der Waals surface area contributed by atoms with E-state index in [9.17, 15) is 0 Å². The molecular formula is C18H30N2. The van der Waals surface area contributed by atoms with Crippen molar-refractivity contribution >= 4 is 0 Å². The summed E-state index contributed by atoms with van der Waals surface area (Å²) in [7, 11) is 0. The number of hydrogen-bond donors (Lipinski definition) is 1. The molecule has 1 unspecified atom stereocenters. The summed E-state index contributed by atoms with van der Waals surface area (Å²) in [5, 5.41) is 3.71. The van der Waals surface area contributed by atoms with Crippen LogP contribution in [0.15, 0.2) is 18.2 Å². The summed E-state index contributed by atoms with van der Waals surface area (Å²) in [5.41, 5.74) is 4.50. The zero-order valence-electron chi connectivity index (χ0n) is 13.8. The maximum absolute atomic E-state index is 3.71. The van der Waals surface area contributed by atoms with Crippen LogP contribution < -0.4 is 5.32 Å². The first-order valence-corrected chi connectivity index (χ1v) is 7.97. The second-order valence-electron chi connectivity index (χ2n) is 6.99. The second-order valence-corrected chi connectivity index (χ2v) is 6.99. The topological polar surface area (TPSA) is 15.3 Å². The lowest BCUT2D eigenvalue weighted by atomic mass is 9.94. The van der Waals surface area contributed by atoms with Crippen molar-refractivity contribution in [2.75, 3.05) is 13.1 Å². The van der Waals surface area contributed by atoms with E-state index in [1.807, 2.05) is 0 Å². The molecule has 0 saturated carbocycles. The summed E-state index contributed by atoms with van der Waals surface area (Å²) in [6.07, 6.45) is 2.54. The quantitative estimate of drug-likeness (QED) is 0.901. The fourth-order valence-electron chi connectivity index (χ4n) is 3.08. The van der Waals surface area contributed by atoms with E-state index in [1.165, 1.54) is 29.5 Å². The van der Waals surface area contributed by atoms with Gasteiger partial charge in [0.05, 0.1) is 0 Å². The molecule has 0 radical (unpaired) electrons. The number of piperazine rings is 1. The van der Waals surface area contributed by atoms with Crippen molar-refractivity contribution in [3.05, 3.63) is 34.9 Å². The highest BCUT2D eigenvalue weighted by Crippen LogP contribution is 2.24. The van der Waals surface area contributed by atoms with Gasteiger partial charge in [-0.25, -0.2) is 0 Å². The molecule has 2 heteroatoms. The molecule has 1 aromatic rings. The van der Waals surface area contributed by atoms with Crippen LogP contribution >= 0.6 is 0 Å². The van der Waals surface area contributed by atoms with Crippen LogP contribution in [0.5, 0.6) is 0 Å². The van der Waals surface area contributed by atoms with Gasteiger partial charge in [-0.05, 0) is 45.2 Å². The van der Waals surface area contributed by atoms with Crippen molar-refractivity contribution in [3.8, 4) is 0 Å². The van der Waals surface area contributed by atoms with Gasteiger partial charge in [-0.1, -0.05) is 37.1 Å². The van der Waals surface area contributed by atoms with Crippen molar-refractivity contribution < 1.29 is 0 Å². The second kappa shape index (κ2) is 6.28. The Bertz CT molecular complexity index is 451. The minimum Gasteiger partial charge on any atom is -0.311 e. The van der Waals surface area contributed by atoms with Gasteiger partial charge in [0.15, 0.2) is 0 Å².